The third-order valence-corrected chi connectivity index (χ3v) is 4.89. The lowest BCUT2D eigenvalue weighted by Gasteiger charge is -2.16. The monoisotopic (exact) mass is 283 g/mol. The molecule has 1 saturated carbocycles. The molecule has 1 N–H and O–H groups in total. The van der Waals surface area contributed by atoms with Gasteiger partial charge in [-0.15, -0.1) is 0 Å². The van der Waals surface area contributed by atoms with E-state index >= 15 is 0 Å². The number of imidazole rings is 1. The van der Waals surface area contributed by atoms with Gasteiger partial charge in [-0.25, -0.2) is 13.4 Å². The largest absolute Gasteiger partial charge is 0.331 e. The van der Waals surface area contributed by atoms with Gasteiger partial charge in [0.25, 0.3) is 0 Å². The Kier molecular flexibility index (Phi) is 3.39. The Labute approximate surface area is 114 Å². The summed E-state index contributed by atoms with van der Waals surface area (Å²) >= 11 is 0. The molecule has 0 radical (unpaired) electrons. The number of hydrogen-bond acceptors (Lipinski definition) is 4. The number of nitrogens with zero attached hydrogens (tertiary/aromatic N) is 2. The van der Waals surface area contributed by atoms with E-state index in [9.17, 15) is 8.42 Å². The molecular formula is C13H21N3O2S. The number of hydrogen-bond donors (Lipinski definition) is 1. The van der Waals surface area contributed by atoms with Crippen LogP contribution in [-0.4, -0.2) is 36.5 Å². The van der Waals surface area contributed by atoms with Crippen molar-refractivity contribution < 1.29 is 8.42 Å². The number of aromatic nitrogens is 2. The van der Waals surface area contributed by atoms with E-state index in [0.717, 1.165) is 26.1 Å². The van der Waals surface area contributed by atoms with Crippen LogP contribution in [0, 0.1) is 0 Å². The maximum atomic E-state index is 11.2. The lowest BCUT2D eigenvalue weighted by molar-refractivity contribution is 0.562. The Bertz CT molecular complexity index is 573. The van der Waals surface area contributed by atoms with Crippen LogP contribution in [0.2, 0.25) is 0 Å². The highest BCUT2D eigenvalue weighted by molar-refractivity contribution is 7.90. The second-order valence-electron chi connectivity index (χ2n) is 5.70. The van der Waals surface area contributed by atoms with E-state index in [4.69, 9.17) is 4.98 Å². The van der Waals surface area contributed by atoms with E-state index in [1.54, 1.807) is 0 Å². The van der Waals surface area contributed by atoms with Gasteiger partial charge in [0.05, 0.1) is 11.4 Å². The Morgan fingerprint density at radius 2 is 2.21 bits per heavy atom. The fourth-order valence-corrected chi connectivity index (χ4v) is 3.43. The molecular weight excluding hydrogens is 262 g/mol. The molecule has 2 heterocycles. The zero-order valence-electron chi connectivity index (χ0n) is 11.4. The Balaban J connectivity index is 1.80. The zero-order valence-corrected chi connectivity index (χ0v) is 12.2. The third kappa shape index (κ3) is 3.00. The molecule has 1 aromatic rings. The summed E-state index contributed by atoms with van der Waals surface area (Å²) < 4.78 is 24.8. The molecule has 106 valence electrons. The van der Waals surface area contributed by atoms with Crippen molar-refractivity contribution in [3.05, 3.63) is 17.2 Å². The number of nitrogens with one attached hydrogen (secondary N) is 1. The number of fused-ring (bicyclic) bond motifs is 1. The molecule has 0 atom stereocenters. The van der Waals surface area contributed by atoms with Crippen molar-refractivity contribution in [3.63, 3.8) is 0 Å². The highest BCUT2D eigenvalue weighted by atomic mass is 32.2. The van der Waals surface area contributed by atoms with Gasteiger partial charge in [-0.2, -0.15) is 0 Å². The molecule has 1 aliphatic carbocycles. The Hall–Kier alpha value is -0.880. The first-order valence-corrected chi connectivity index (χ1v) is 9.07. The molecule has 5 nitrogen and oxygen atoms in total. The minimum absolute atomic E-state index is 0.266. The Morgan fingerprint density at radius 3 is 2.89 bits per heavy atom. The third-order valence-electron chi connectivity index (χ3n) is 3.86. The van der Waals surface area contributed by atoms with E-state index in [-0.39, 0.29) is 5.75 Å². The summed E-state index contributed by atoms with van der Waals surface area (Å²) in [5.41, 5.74) is 2.50. The van der Waals surface area contributed by atoms with Gasteiger partial charge in [0.2, 0.25) is 0 Å². The second-order valence-corrected chi connectivity index (χ2v) is 7.96. The molecule has 0 spiro atoms. The molecule has 1 fully saturated rings. The lowest BCUT2D eigenvalue weighted by atomic mass is 10.2. The predicted octanol–water partition coefficient (Wildman–Crippen LogP) is 0.841. The van der Waals surface area contributed by atoms with Gasteiger partial charge < -0.3 is 9.88 Å². The standard InChI is InChI=1S/C13H21N3O2S/c1-19(17,18)8-2-7-16-12-5-6-14-9-11(12)15-13(16)10-3-4-10/h10,14H,2-9H2,1H3. The van der Waals surface area contributed by atoms with Crippen molar-refractivity contribution in [1.82, 2.24) is 14.9 Å². The molecule has 6 heteroatoms. The minimum Gasteiger partial charge on any atom is -0.331 e. The summed E-state index contributed by atoms with van der Waals surface area (Å²) in [6, 6.07) is 0. The van der Waals surface area contributed by atoms with Crippen LogP contribution < -0.4 is 5.32 Å². The first kappa shape index (κ1) is 13.1. The molecule has 2 aliphatic rings. The van der Waals surface area contributed by atoms with Gasteiger partial charge in [0.15, 0.2) is 0 Å². The Morgan fingerprint density at radius 1 is 1.42 bits per heavy atom. The maximum Gasteiger partial charge on any atom is 0.147 e. The van der Waals surface area contributed by atoms with E-state index in [2.05, 4.69) is 9.88 Å². The van der Waals surface area contributed by atoms with E-state index < -0.39 is 9.84 Å². The van der Waals surface area contributed by atoms with Crippen molar-refractivity contribution in [2.75, 3.05) is 18.6 Å². The van der Waals surface area contributed by atoms with E-state index in [1.165, 1.54) is 36.3 Å². The first-order chi connectivity index (χ1) is 9.04. The summed E-state index contributed by atoms with van der Waals surface area (Å²) in [7, 11) is -2.86. The summed E-state index contributed by atoms with van der Waals surface area (Å²) in [5, 5.41) is 3.35. The van der Waals surface area contributed by atoms with Gasteiger partial charge in [-0.05, 0) is 19.3 Å². The van der Waals surface area contributed by atoms with Gasteiger partial charge >= 0.3 is 0 Å². The molecule has 0 bridgehead atoms. The van der Waals surface area contributed by atoms with Crippen LogP contribution in [0.3, 0.4) is 0 Å². The summed E-state index contributed by atoms with van der Waals surface area (Å²) in [6.45, 7) is 2.64. The highest BCUT2D eigenvalue weighted by Crippen LogP contribution is 2.40. The second kappa shape index (κ2) is 4.90. The van der Waals surface area contributed by atoms with E-state index in [1.807, 2.05) is 0 Å². The van der Waals surface area contributed by atoms with Crippen LogP contribution in [0.25, 0.3) is 0 Å². The quantitative estimate of drug-likeness (QED) is 0.870. The van der Waals surface area contributed by atoms with Crippen LogP contribution >= 0.6 is 0 Å². The normalized spacial score (nSPS) is 19.4. The van der Waals surface area contributed by atoms with Gasteiger partial charge in [0.1, 0.15) is 15.7 Å². The zero-order chi connectivity index (χ0) is 13.5. The average molecular weight is 283 g/mol. The highest BCUT2D eigenvalue weighted by Gasteiger charge is 2.31. The van der Waals surface area contributed by atoms with Crippen molar-refractivity contribution >= 4 is 9.84 Å². The molecule has 0 amide bonds. The maximum absolute atomic E-state index is 11.2. The summed E-state index contributed by atoms with van der Waals surface area (Å²) in [4.78, 5) is 4.78. The van der Waals surface area contributed by atoms with Gasteiger partial charge in [0, 0.05) is 43.9 Å². The SMILES string of the molecule is CS(=O)(=O)CCCn1c(C2CC2)nc2c1CCNC2. The van der Waals surface area contributed by atoms with Crippen molar-refractivity contribution in [2.24, 2.45) is 0 Å². The summed E-state index contributed by atoms with van der Waals surface area (Å²) in [5.74, 6) is 2.08. The fourth-order valence-electron chi connectivity index (χ4n) is 2.78. The smallest absolute Gasteiger partial charge is 0.147 e. The number of sulfone groups is 1. The van der Waals surface area contributed by atoms with Crippen LogP contribution in [0.1, 0.15) is 42.4 Å². The first-order valence-electron chi connectivity index (χ1n) is 7.01. The van der Waals surface area contributed by atoms with Gasteiger partial charge in [-0.3, -0.25) is 0 Å². The molecule has 0 unspecified atom stereocenters. The van der Waals surface area contributed by atoms with Gasteiger partial charge in [-0.1, -0.05) is 0 Å². The molecule has 1 aliphatic heterocycles. The molecule has 3 rings (SSSR count). The lowest BCUT2D eigenvalue weighted by Crippen LogP contribution is -2.25. The summed E-state index contributed by atoms with van der Waals surface area (Å²) in [6.07, 6.45) is 5.47. The molecule has 19 heavy (non-hydrogen) atoms. The topological polar surface area (TPSA) is 64.0 Å². The van der Waals surface area contributed by atoms with Crippen molar-refractivity contribution in [2.45, 2.75) is 44.7 Å². The fraction of sp³-hybridized carbons (Fsp3) is 0.769. The van der Waals surface area contributed by atoms with Crippen LogP contribution in [0.4, 0.5) is 0 Å². The minimum atomic E-state index is -2.86. The predicted molar refractivity (Wildman–Crippen MR) is 73.9 cm³/mol. The van der Waals surface area contributed by atoms with Crippen molar-refractivity contribution in [3.8, 4) is 0 Å². The molecule has 0 saturated heterocycles. The molecule has 0 aromatic carbocycles. The van der Waals surface area contributed by atoms with Crippen LogP contribution in [0.15, 0.2) is 0 Å². The van der Waals surface area contributed by atoms with Crippen molar-refractivity contribution in [1.29, 1.82) is 0 Å². The number of rotatable bonds is 5. The average Bonchev–Trinajstić information content (AvgIpc) is 3.12. The van der Waals surface area contributed by atoms with E-state index in [0.29, 0.717) is 12.3 Å². The van der Waals surface area contributed by atoms with Crippen LogP contribution in [0.5, 0.6) is 0 Å². The molecule has 1 aromatic heterocycles. The van der Waals surface area contributed by atoms with Crippen LogP contribution in [-0.2, 0) is 29.3 Å².